The Hall–Kier alpha value is -0.910. The predicted molar refractivity (Wildman–Crippen MR) is 46.4 cm³/mol. The van der Waals surface area contributed by atoms with E-state index >= 15 is 0 Å². The Morgan fingerprint density at radius 1 is 1.62 bits per heavy atom. The molecule has 0 aliphatic carbocycles. The van der Waals surface area contributed by atoms with Crippen LogP contribution in [-0.2, 0) is 17.3 Å². The van der Waals surface area contributed by atoms with Gasteiger partial charge in [-0.05, 0) is 13.8 Å². The van der Waals surface area contributed by atoms with Crippen molar-refractivity contribution in [3.63, 3.8) is 0 Å². The predicted octanol–water partition coefficient (Wildman–Crippen LogP) is 1.09. The summed E-state index contributed by atoms with van der Waals surface area (Å²) in [6, 6.07) is 0. The summed E-state index contributed by atoms with van der Waals surface area (Å²) >= 11 is 0. The third-order valence-corrected chi connectivity index (χ3v) is 3.01. The normalized spacial score (nSPS) is 14.5. The highest BCUT2D eigenvalue weighted by atomic mass is 32.3. The molecule has 0 N–H and O–H groups in total. The minimum absolute atomic E-state index is 0.407. The average molecular weight is 206 g/mol. The van der Waals surface area contributed by atoms with Gasteiger partial charge in [0.05, 0.1) is 5.69 Å². The van der Waals surface area contributed by atoms with Crippen LogP contribution >= 0.6 is 0 Å². The van der Waals surface area contributed by atoms with E-state index in [1.54, 1.807) is 14.0 Å². The molecule has 0 aromatic carbocycles. The van der Waals surface area contributed by atoms with E-state index < -0.39 is 15.5 Å². The fraction of sp³-hybridized carbons (Fsp3) is 0.571. The zero-order chi connectivity index (χ0) is 10.2. The molecule has 1 heterocycles. The van der Waals surface area contributed by atoms with Gasteiger partial charge in [-0.2, -0.15) is 13.5 Å². The Bertz CT molecular complexity index is 410. The molecular weight excluding hydrogens is 195 g/mol. The molecule has 0 bridgehead atoms. The van der Waals surface area contributed by atoms with Crippen molar-refractivity contribution in [2.24, 2.45) is 7.05 Å². The summed E-state index contributed by atoms with van der Waals surface area (Å²) in [5, 5.41) is 2.79. The number of hydrogen-bond donors (Lipinski definition) is 0. The van der Waals surface area contributed by atoms with Crippen LogP contribution in [0, 0.1) is 6.92 Å². The van der Waals surface area contributed by atoms with Gasteiger partial charge in [0.2, 0.25) is 0 Å². The van der Waals surface area contributed by atoms with Crippen LogP contribution in [0.1, 0.15) is 23.4 Å². The van der Waals surface area contributed by atoms with Gasteiger partial charge in [-0.15, -0.1) is 3.89 Å². The van der Waals surface area contributed by atoms with Crippen LogP contribution in [0.15, 0.2) is 6.20 Å². The molecule has 1 atom stereocenters. The second kappa shape index (κ2) is 3.10. The molecule has 0 spiro atoms. The van der Waals surface area contributed by atoms with Crippen LogP contribution in [-0.4, -0.2) is 18.2 Å². The van der Waals surface area contributed by atoms with E-state index in [1.807, 2.05) is 0 Å². The smallest absolute Gasteiger partial charge is 0.275 e. The molecule has 0 fully saturated rings. The molecule has 1 unspecified atom stereocenters. The molecule has 0 radical (unpaired) electrons. The summed E-state index contributed by atoms with van der Waals surface area (Å²) in [5.41, 5.74) is 0.946. The first-order valence-electron chi connectivity index (χ1n) is 3.76. The van der Waals surface area contributed by atoms with Crippen molar-refractivity contribution in [1.29, 1.82) is 0 Å². The Morgan fingerprint density at radius 3 is 2.46 bits per heavy atom. The van der Waals surface area contributed by atoms with Gasteiger partial charge < -0.3 is 0 Å². The van der Waals surface area contributed by atoms with Crippen molar-refractivity contribution < 1.29 is 12.3 Å². The minimum Gasteiger partial charge on any atom is -0.275 e. The Morgan fingerprint density at radius 2 is 2.15 bits per heavy atom. The third kappa shape index (κ3) is 2.06. The Balaban J connectivity index is 3.16. The van der Waals surface area contributed by atoms with E-state index in [0.29, 0.717) is 11.3 Å². The highest BCUT2D eigenvalue weighted by Crippen LogP contribution is 2.24. The zero-order valence-corrected chi connectivity index (χ0v) is 8.47. The number of nitrogens with zero attached hydrogens (tertiary/aromatic N) is 2. The van der Waals surface area contributed by atoms with Crippen molar-refractivity contribution in [2.45, 2.75) is 19.1 Å². The summed E-state index contributed by atoms with van der Waals surface area (Å²) in [4.78, 5) is 0. The van der Waals surface area contributed by atoms with Gasteiger partial charge in [0.25, 0.3) is 0 Å². The van der Waals surface area contributed by atoms with Crippen molar-refractivity contribution in [3.05, 3.63) is 17.5 Å². The standard InChI is InChI=1S/C7H11FN2O2S/c1-5-7(4-10(3)9-5)6(2)13(8,11)12/h4,6H,1-3H3. The van der Waals surface area contributed by atoms with Crippen LogP contribution in [0.25, 0.3) is 0 Å². The van der Waals surface area contributed by atoms with Gasteiger partial charge >= 0.3 is 10.2 Å². The van der Waals surface area contributed by atoms with Crippen molar-refractivity contribution in [1.82, 2.24) is 9.78 Å². The fourth-order valence-corrected chi connectivity index (χ4v) is 1.70. The summed E-state index contributed by atoms with van der Waals surface area (Å²) in [6.07, 6.45) is 1.51. The van der Waals surface area contributed by atoms with Gasteiger partial charge in [0.1, 0.15) is 5.25 Å². The van der Waals surface area contributed by atoms with Crippen LogP contribution < -0.4 is 0 Å². The summed E-state index contributed by atoms with van der Waals surface area (Å²) < 4.78 is 35.2. The monoisotopic (exact) mass is 206 g/mol. The lowest BCUT2D eigenvalue weighted by atomic mass is 10.2. The first-order valence-corrected chi connectivity index (χ1v) is 5.20. The number of rotatable bonds is 2. The first-order chi connectivity index (χ1) is 5.82. The number of aromatic nitrogens is 2. The van der Waals surface area contributed by atoms with E-state index in [2.05, 4.69) is 5.10 Å². The summed E-state index contributed by atoms with van der Waals surface area (Å²) in [5.74, 6) is 0. The van der Waals surface area contributed by atoms with Crippen LogP contribution in [0.2, 0.25) is 0 Å². The Labute approximate surface area is 76.6 Å². The number of halogens is 1. The van der Waals surface area contributed by atoms with Crippen LogP contribution in [0.4, 0.5) is 3.89 Å². The molecule has 0 aliphatic rings. The number of hydrogen-bond acceptors (Lipinski definition) is 3. The van der Waals surface area contributed by atoms with Crippen LogP contribution in [0.5, 0.6) is 0 Å². The maximum Gasteiger partial charge on any atom is 0.309 e. The van der Waals surface area contributed by atoms with Gasteiger partial charge in [0, 0.05) is 18.8 Å². The molecule has 0 saturated carbocycles. The lowest BCUT2D eigenvalue weighted by Crippen LogP contribution is -2.04. The lowest BCUT2D eigenvalue weighted by Gasteiger charge is -2.03. The number of aryl methyl sites for hydroxylation is 2. The third-order valence-electron chi connectivity index (χ3n) is 1.91. The molecule has 1 aromatic heterocycles. The second-order valence-electron chi connectivity index (χ2n) is 2.96. The highest BCUT2D eigenvalue weighted by molar-refractivity contribution is 7.86. The van der Waals surface area contributed by atoms with E-state index in [9.17, 15) is 12.3 Å². The topological polar surface area (TPSA) is 52.0 Å². The SMILES string of the molecule is Cc1nn(C)cc1C(C)S(=O)(=O)F. The van der Waals surface area contributed by atoms with Crippen LogP contribution in [0.3, 0.4) is 0 Å². The van der Waals surface area contributed by atoms with Gasteiger partial charge in [-0.3, -0.25) is 4.68 Å². The van der Waals surface area contributed by atoms with Crippen molar-refractivity contribution in [3.8, 4) is 0 Å². The van der Waals surface area contributed by atoms with Crippen molar-refractivity contribution in [2.75, 3.05) is 0 Å². The molecule has 0 aliphatic heterocycles. The summed E-state index contributed by atoms with van der Waals surface area (Å²) in [6.45, 7) is 2.95. The van der Waals surface area contributed by atoms with Gasteiger partial charge in [-0.25, -0.2) is 0 Å². The van der Waals surface area contributed by atoms with E-state index in [1.165, 1.54) is 17.8 Å². The van der Waals surface area contributed by atoms with Gasteiger partial charge in [0.15, 0.2) is 0 Å². The average Bonchev–Trinajstić information content (AvgIpc) is 2.26. The first kappa shape index (κ1) is 10.2. The highest BCUT2D eigenvalue weighted by Gasteiger charge is 2.24. The van der Waals surface area contributed by atoms with E-state index in [4.69, 9.17) is 0 Å². The molecule has 0 saturated heterocycles. The van der Waals surface area contributed by atoms with E-state index in [0.717, 1.165) is 0 Å². The largest absolute Gasteiger partial charge is 0.309 e. The molecule has 6 heteroatoms. The lowest BCUT2D eigenvalue weighted by molar-refractivity contribution is 0.540. The zero-order valence-electron chi connectivity index (χ0n) is 7.65. The second-order valence-corrected chi connectivity index (χ2v) is 4.62. The molecule has 0 amide bonds. The molecule has 1 aromatic rings. The van der Waals surface area contributed by atoms with Gasteiger partial charge in [-0.1, -0.05) is 0 Å². The molecule has 4 nitrogen and oxygen atoms in total. The van der Waals surface area contributed by atoms with E-state index in [-0.39, 0.29) is 0 Å². The minimum atomic E-state index is -4.52. The maximum absolute atomic E-state index is 12.6. The molecule has 13 heavy (non-hydrogen) atoms. The quantitative estimate of drug-likeness (QED) is 0.680. The van der Waals surface area contributed by atoms with Crippen molar-refractivity contribution >= 4 is 10.2 Å². The molecule has 74 valence electrons. The maximum atomic E-state index is 12.6. The molecular formula is C7H11FN2O2S. The Kier molecular flexibility index (Phi) is 2.42. The molecule has 1 rings (SSSR count). The fourth-order valence-electron chi connectivity index (χ4n) is 1.17. The summed E-state index contributed by atoms with van der Waals surface area (Å²) in [7, 11) is -2.86.